The average molecular weight is 227 g/mol. The Hall–Kier alpha value is -1.22. The highest BCUT2D eigenvalue weighted by atomic mass is 14.1. The second kappa shape index (κ2) is 7.17. The monoisotopic (exact) mass is 227 g/mol. The van der Waals surface area contributed by atoms with Crippen LogP contribution in [0.15, 0.2) is 12.1 Å². The van der Waals surface area contributed by atoms with E-state index in [9.17, 15) is 0 Å². The predicted molar refractivity (Wildman–Crippen MR) is 74.6 cm³/mol. The molecular weight excluding hydrogens is 204 g/mol. The molecule has 0 fully saturated rings. The van der Waals surface area contributed by atoms with Crippen LogP contribution in [-0.4, -0.2) is 0 Å². The lowest BCUT2D eigenvalue weighted by Gasteiger charge is -2.11. The molecule has 17 heavy (non-hydrogen) atoms. The van der Waals surface area contributed by atoms with Gasteiger partial charge in [0.1, 0.15) is 0 Å². The molecule has 1 aromatic carbocycles. The summed E-state index contributed by atoms with van der Waals surface area (Å²) in [5.41, 5.74) is 5.82. The van der Waals surface area contributed by atoms with Crippen LogP contribution in [0.4, 0.5) is 0 Å². The zero-order chi connectivity index (χ0) is 12.7. The van der Waals surface area contributed by atoms with Gasteiger partial charge in [0, 0.05) is 6.42 Å². The average Bonchev–Trinajstić information content (AvgIpc) is 2.33. The van der Waals surface area contributed by atoms with Crippen LogP contribution in [0.3, 0.4) is 0 Å². The van der Waals surface area contributed by atoms with E-state index in [4.69, 9.17) is 6.42 Å². The van der Waals surface area contributed by atoms with Crippen molar-refractivity contribution in [2.24, 2.45) is 0 Å². The topological polar surface area (TPSA) is 0 Å². The minimum Gasteiger partial charge on any atom is -0.0891 e. The van der Waals surface area contributed by atoms with Crippen LogP contribution in [0.1, 0.15) is 54.4 Å². The van der Waals surface area contributed by atoms with E-state index in [1.54, 1.807) is 0 Å². The van der Waals surface area contributed by atoms with E-state index in [2.05, 4.69) is 38.8 Å². The van der Waals surface area contributed by atoms with Gasteiger partial charge in [-0.15, -0.1) is 0 Å². The quantitative estimate of drug-likeness (QED) is 0.488. The van der Waals surface area contributed by atoms with Crippen LogP contribution in [-0.2, 0) is 6.42 Å². The molecule has 1 radical (unpaired) electrons. The lowest BCUT2D eigenvalue weighted by Crippen LogP contribution is -1.95. The fourth-order valence-corrected chi connectivity index (χ4v) is 2.17. The molecule has 0 unspecified atom stereocenters. The highest BCUT2D eigenvalue weighted by Gasteiger charge is 2.03. The van der Waals surface area contributed by atoms with E-state index in [0.717, 1.165) is 12.8 Å². The van der Waals surface area contributed by atoms with Gasteiger partial charge >= 0.3 is 0 Å². The summed E-state index contributed by atoms with van der Waals surface area (Å²) in [4.78, 5) is 0. The van der Waals surface area contributed by atoms with Gasteiger partial charge < -0.3 is 0 Å². The lowest BCUT2D eigenvalue weighted by molar-refractivity contribution is 0.649. The Morgan fingerprint density at radius 3 is 2.35 bits per heavy atom. The maximum atomic E-state index is 6.84. The maximum Gasteiger partial charge on any atom is 0.00989 e. The number of benzene rings is 1. The highest BCUT2D eigenvalue weighted by Crippen LogP contribution is 2.19. The first-order valence-corrected chi connectivity index (χ1v) is 6.62. The summed E-state index contributed by atoms with van der Waals surface area (Å²) in [7, 11) is 0. The molecule has 0 bridgehead atoms. The van der Waals surface area contributed by atoms with Crippen molar-refractivity contribution in [3.05, 3.63) is 40.8 Å². The summed E-state index contributed by atoms with van der Waals surface area (Å²) in [6.45, 7) is 6.63. The fourth-order valence-electron chi connectivity index (χ4n) is 2.17. The van der Waals surface area contributed by atoms with Crippen molar-refractivity contribution in [2.45, 2.75) is 59.3 Å². The molecule has 1 rings (SSSR count). The summed E-state index contributed by atoms with van der Waals surface area (Å²) in [6.07, 6.45) is 13.7. The van der Waals surface area contributed by atoms with Crippen molar-refractivity contribution in [1.82, 2.24) is 0 Å². The Labute approximate surface area is 106 Å². The van der Waals surface area contributed by atoms with Gasteiger partial charge in [0.25, 0.3) is 0 Å². The van der Waals surface area contributed by atoms with E-state index in [-0.39, 0.29) is 0 Å². The van der Waals surface area contributed by atoms with Crippen LogP contribution in [0.2, 0.25) is 0 Å². The van der Waals surface area contributed by atoms with E-state index in [0.29, 0.717) is 0 Å². The molecule has 0 saturated carbocycles. The minimum absolute atomic E-state index is 0.822. The van der Waals surface area contributed by atoms with Crippen LogP contribution in [0.5, 0.6) is 0 Å². The normalized spacial score (nSPS) is 10.2. The minimum atomic E-state index is 0.822. The molecule has 0 heterocycles. The molecule has 91 valence electrons. The van der Waals surface area contributed by atoms with E-state index in [1.165, 1.54) is 47.9 Å². The second-order valence-corrected chi connectivity index (χ2v) is 4.88. The van der Waals surface area contributed by atoms with Gasteiger partial charge in [-0.2, -0.15) is 0 Å². The summed E-state index contributed by atoms with van der Waals surface area (Å²) >= 11 is 0. The highest BCUT2D eigenvalue weighted by molar-refractivity contribution is 5.38. The van der Waals surface area contributed by atoms with E-state index >= 15 is 0 Å². The molecule has 0 saturated heterocycles. The Morgan fingerprint density at radius 2 is 1.65 bits per heavy atom. The fraction of sp³-hybridized carbons (Fsp3) is 0.529. The first kappa shape index (κ1) is 13.8. The third-order valence-corrected chi connectivity index (χ3v) is 3.67. The molecule has 1 aromatic rings. The first-order chi connectivity index (χ1) is 8.16. The molecule has 0 heteroatoms. The molecule has 0 aromatic heterocycles. The number of unbranched alkanes of at least 4 members (excludes halogenated alkanes) is 4. The second-order valence-electron chi connectivity index (χ2n) is 4.88. The van der Waals surface area contributed by atoms with Crippen molar-refractivity contribution >= 4 is 0 Å². The van der Waals surface area contributed by atoms with Gasteiger partial charge in [-0.05, 0) is 68.7 Å². The Bertz CT molecular complexity index is 393. The van der Waals surface area contributed by atoms with Crippen LogP contribution >= 0.6 is 0 Å². The summed E-state index contributed by atoms with van der Waals surface area (Å²) in [5.74, 6) is 2.45. The summed E-state index contributed by atoms with van der Waals surface area (Å²) < 4.78 is 0. The first-order valence-electron chi connectivity index (χ1n) is 6.62. The molecular formula is C17H23. The van der Waals surface area contributed by atoms with Crippen LogP contribution in [0, 0.1) is 33.1 Å². The number of rotatable bonds is 6. The molecule has 0 aliphatic carbocycles. The Balaban J connectivity index is 2.38. The van der Waals surface area contributed by atoms with Gasteiger partial charge in [0.15, 0.2) is 0 Å². The summed E-state index contributed by atoms with van der Waals surface area (Å²) in [6, 6.07) is 4.52. The molecule has 0 aliphatic heterocycles. The standard InChI is InChI=1S/C17H23/c1-5-6-7-8-9-10-11-17-13-12-14(2)15(3)16(17)4/h12-13H,6-11H2,2-4H3. The van der Waals surface area contributed by atoms with Gasteiger partial charge in [-0.1, -0.05) is 30.9 Å². The molecule has 0 aliphatic rings. The third-order valence-electron chi connectivity index (χ3n) is 3.67. The van der Waals surface area contributed by atoms with Crippen molar-refractivity contribution in [3.63, 3.8) is 0 Å². The largest absolute Gasteiger partial charge is 0.0891 e. The van der Waals surface area contributed by atoms with Crippen LogP contribution in [0.25, 0.3) is 0 Å². The van der Waals surface area contributed by atoms with E-state index < -0.39 is 0 Å². The predicted octanol–water partition coefficient (Wildman–Crippen LogP) is 4.69. The van der Waals surface area contributed by atoms with Gasteiger partial charge in [0.05, 0.1) is 0 Å². The van der Waals surface area contributed by atoms with E-state index in [1.807, 2.05) is 0 Å². The molecule has 0 nitrogen and oxygen atoms in total. The van der Waals surface area contributed by atoms with Gasteiger partial charge in [0.2, 0.25) is 0 Å². The molecule has 0 spiro atoms. The van der Waals surface area contributed by atoms with Gasteiger partial charge in [-0.25, -0.2) is 0 Å². The van der Waals surface area contributed by atoms with Crippen LogP contribution < -0.4 is 0 Å². The summed E-state index contributed by atoms with van der Waals surface area (Å²) in [5, 5.41) is 0. The van der Waals surface area contributed by atoms with Crippen molar-refractivity contribution in [3.8, 4) is 5.92 Å². The van der Waals surface area contributed by atoms with Crippen molar-refractivity contribution in [2.75, 3.05) is 0 Å². The number of hydrogen-bond donors (Lipinski definition) is 0. The Morgan fingerprint density at radius 1 is 0.941 bits per heavy atom. The molecule has 0 amide bonds. The van der Waals surface area contributed by atoms with Crippen molar-refractivity contribution in [1.29, 1.82) is 0 Å². The maximum absolute atomic E-state index is 6.84. The Kier molecular flexibility index (Phi) is 5.84. The SMILES string of the molecule is [C]#CCCCCCCc1ccc(C)c(C)c1C. The van der Waals surface area contributed by atoms with Gasteiger partial charge in [-0.3, -0.25) is 0 Å². The van der Waals surface area contributed by atoms with Crippen molar-refractivity contribution < 1.29 is 0 Å². The smallest absolute Gasteiger partial charge is 0.00989 e. The lowest BCUT2D eigenvalue weighted by atomic mass is 9.95. The zero-order valence-corrected chi connectivity index (χ0v) is 11.4. The molecule has 0 atom stereocenters. The number of aryl methyl sites for hydroxylation is 2. The third kappa shape index (κ3) is 4.27. The molecule has 0 N–H and O–H groups in total. The number of hydrogen-bond acceptors (Lipinski definition) is 0. The zero-order valence-electron chi connectivity index (χ0n) is 11.4.